The molecule has 4 heteroatoms. The third kappa shape index (κ3) is 1.34. The summed E-state index contributed by atoms with van der Waals surface area (Å²) in [4.78, 5) is 0. The Balaban J connectivity index is 2.31. The number of nitrogens with two attached hydrogens (primary N) is 1. The highest BCUT2D eigenvalue weighted by atomic mass is 16.5. The number of aliphatic hydroxyl groups excluding tert-OH is 1. The van der Waals surface area contributed by atoms with Crippen molar-refractivity contribution in [3.63, 3.8) is 0 Å². The van der Waals surface area contributed by atoms with Gasteiger partial charge in [0.1, 0.15) is 6.26 Å². The maximum absolute atomic E-state index is 8.53. The molecule has 0 radical (unpaired) electrons. The normalized spacial score (nSPS) is 24.7. The molecule has 1 aliphatic heterocycles. The van der Waals surface area contributed by atoms with E-state index in [9.17, 15) is 0 Å². The second-order valence-corrected chi connectivity index (χ2v) is 1.81. The maximum Gasteiger partial charge on any atom is 0.181 e. The van der Waals surface area contributed by atoms with Crippen molar-refractivity contribution in [1.29, 1.82) is 0 Å². The van der Waals surface area contributed by atoms with Gasteiger partial charge in [0.15, 0.2) is 6.23 Å². The fourth-order valence-electron chi connectivity index (χ4n) is 0.636. The molecule has 1 aliphatic rings. The monoisotopic (exact) mass is 130 g/mol. The molecule has 0 saturated carbocycles. The van der Waals surface area contributed by atoms with Crippen LogP contribution in [0.1, 0.15) is 0 Å². The van der Waals surface area contributed by atoms with Gasteiger partial charge in [-0.05, 0) is 0 Å². The molecule has 0 bridgehead atoms. The zero-order valence-corrected chi connectivity index (χ0v) is 5.00. The molecule has 1 unspecified atom stereocenters. The molecule has 4 N–H and O–H groups in total. The molecule has 0 aromatic carbocycles. The molecule has 9 heavy (non-hydrogen) atoms. The van der Waals surface area contributed by atoms with Crippen molar-refractivity contribution in [2.75, 3.05) is 13.2 Å². The first-order valence-electron chi connectivity index (χ1n) is 2.79. The Hall–Kier alpha value is -0.740. The first-order valence-corrected chi connectivity index (χ1v) is 2.79. The van der Waals surface area contributed by atoms with E-state index in [1.165, 1.54) is 6.26 Å². The Morgan fingerprint density at radius 2 is 2.67 bits per heavy atom. The van der Waals surface area contributed by atoms with E-state index in [0.29, 0.717) is 12.2 Å². The molecule has 1 rings (SSSR count). The largest absolute Gasteiger partial charge is 0.475 e. The average Bonchev–Trinajstić information content (AvgIpc) is 2.34. The Morgan fingerprint density at radius 1 is 1.89 bits per heavy atom. The lowest BCUT2D eigenvalue weighted by Gasteiger charge is -2.07. The molecular formula is C5H10N2O2. The molecule has 0 aromatic heterocycles. The lowest BCUT2D eigenvalue weighted by Crippen LogP contribution is -2.32. The second-order valence-electron chi connectivity index (χ2n) is 1.81. The summed E-state index contributed by atoms with van der Waals surface area (Å²) in [6, 6.07) is 0. The van der Waals surface area contributed by atoms with E-state index in [4.69, 9.17) is 15.6 Å². The molecule has 0 aliphatic carbocycles. The molecule has 0 amide bonds. The maximum atomic E-state index is 8.53. The number of nitrogens with one attached hydrogen (secondary N) is 1. The van der Waals surface area contributed by atoms with Gasteiger partial charge < -0.3 is 20.9 Å². The fourth-order valence-corrected chi connectivity index (χ4v) is 0.636. The second kappa shape index (κ2) is 2.70. The van der Waals surface area contributed by atoms with E-state index >= 15 is 0 Å². The minimum absolute atomic E-state index is 0.0174. The molecule has 0 aromatic rings. The molecule has 1 atom stereocenters. The van der Waals surface area contributed by atoms with Gasteiger partial charge in [-0.2, -0.15) is 0 Å². The molecule has 0 spiro atoms. The van der Waals surface area contributed by atoms with Crippen molar-refractivity contribution >= 4 is 0 Å². The predicted molar refractivity (Wildman–Crippen MR) is 32.2 cm³/mol. The molecule has 0 saturated heterocycles. The third-order valence-electron chi connectivity index (χ3n) is 1.11. The van der Waals surface area contributed by atoms with Crippen LogP contribution in [0.25, 0.3) is 0 Å². The standard InChI is InChI=1S/C5H10N2O2/c6-1-5-7-4(2-8)3-9-5/h3,5,7-8H,1-2,6H2. The van der Waals surface area contributed by atoms with Gasteiger partial charge in [-0.25, -0.2) is 0 Å². The van der Waals surface area contributed by atoms with Gasteiger partial charge in [-0.3, -0.25) is 0 Å². The summed E-state index contributed by atoms with van der Waals surface area (Å²) in [7, 11) is 0. The lowest BCUT2D eigenvalue weighted by molar-refractivity contribution is 0.159. The van der Waals surface area contributed by atoms with Gasteiger partial charge in [0.05, 0.1) is 12.3 Å². The zero-order chi connectivity index (χ0) is 6.69. The van der Waals surface area contributed by atoms with Crippen LogP contribution in [0.15, 0.2) is 12.0 Å². The van der Waals surface area contributed by atoms with Gasteiger partial charge in [0.2, 0.25) is 0 Å². The number of hydrogen-bond acceptors (Lipinski definition) is 4. The van der Waals surface area contributed by atoms with Crippen molar-refractivity contribution in [1.82, 2.24) is 5.32 Å². The quantitative estimate of drug-likeness (QED) is 0.436. The predicted octanol–water partition coefficient (Wildman–Crippen LogP) is -1.28. The van der Waals surface area contributed by atoms with Gasteiger partial charge >= 0.3 is 0 Å². The van der Waals surface area contributed by atoms with E-state index < -0.39 is 0 Å². The molecule has 52 valence electrons. The average molecular weight is 130 g/mol. The van der Waals surface area contributed by atoms with Crippen molar-refractivity contribution < 1.29 is 9.84 Å². The van der Waals surface area contributed by atoms with E-state index in [-0.39, 0.29) is 12.8 Å². The van der Waals surface area contributed by atoms with Gasteiger partial charge in [0.25, 0.3) is 0 Å². The summed E-state index contributed by atoms with van der Waals surface area (Å²) in [5.41, 5.74) is 5.93. The van der Waals surface area contributed by atoms with Crippen LogP contribution in [0.4, 0.5) is 0 Å². The van der Waals surface area contributed by atoms with E-state index in [2.05, 4.69) is 5.32 Å². The Bertz CT molecular complexity index is 124. The first kappa shape index (κ1) is 6.38. The number of rotatable bonds is 2. The fraction of sp³-hybridized carbons (Fsp3) is 0.600. The van der Waals surface area contributed by atoms with Crippen LogP contribution < -0.4 is 11.1 Å². The van der Waals surface area contributed by atoms with Crippen LogP contribution in [-0.2, 0) is 4.74 Å². The number of hydrogen-bond donors (Lipinski definition) is 3. The Kier molecular flexibility index (Phi) is 1.92. The van der Waals surface area contributed by atoms with E-state index in [1.54, 1.807) is 0 Å². The molecular weight excluding hydrogens is 120 g/mol. The molecule has 1 heterocycles. The highest BCUT2D eigenvalue weighted by Gasteiger charge is 2.12. The van der Waals surface area contributed by atoms with Gasteiger partial charge in [-0.15, -0.1) is 0 Å². The third-order valence-corrected chi connectivity index (χ3v) is 1.11. The van der Waals surface area contributed by atoms with Crippen LogP contribution in [0.5, 0.6) is 0 Å². The van der Waals surface area contributed by atoms with Crippen LogP contribution in [0.3, 0.4) is 0 Å². The lowest BCUT2D eigenvalue weighted by atomic mass is 10.5. The zero-order valence-electron chi connectivity index (χ0n) is 5.00. The number of ether oxygens (including phenoxy) is 1. The summed E-state index contributed by atoms with van der Waals surface area (Å²) in [6.45, 7) is 0.399. The summed E-state index contributed by atoms with van der Waals surface area (Å²) in [6.07, 6.45) is 1.34. The van der Waals surface area contributed by atoms with Crippen molar-refractivity contribution in [2.24, 2.45) is 5.73 Å². The molecule has 0 fully saturated rings. The van der Waals surface area contributed by atoms with Crippen LogP contribution in [-0.4, -0.2) is 24.5 Å². The highest BCUT2D eigenvalue weighted by molar-refractivity contribution is 5.00. The summed E-state index contributed by atoms with van der Waals surface area (Å²) in [5.74, 6) is 0. The smallest absolute Gasteiger partial charge is 0.181 e. The van der Waals surface area contributed by atoms with E-state index in [0.717, 1.165) is 0 Å². The minimum atomic E-state index is -0.146. The summed E-state index contributed by atoms with van der Waals surface area (Å²) >= 11 is 0. The Morgan fingerprint density at radius 3 is 3.00 bits per heavy atom. The first-order chi connectivity index (χ1) is 4.36. The van der Waals surface area contributed by atoms with Gasteiger partial charge in [-0.1, -0.05) is 0 Å². The van der Waals surface area contributed by atoms with Crippen molar-refractivity contribution in [3.8, 4) is 0 Å². The number of aliphatic hydroxyl groups is 1. The molecule has 4 nitrogen and oxygen atoms in total. The summed E-state index contributed by atoms with van der Waals surface area (Å²) in [5, 5.41) is 11.4. The van der Waals surface area contributed by atoms with Crippen LogP contribution >= 0.6 is 0 Å². The minimum Gasteiger partial charge on any atom is -0.475 e. The summed E-state index contributed by atoms with van der Waals surface area (Å²) < 4.78 is 4.95. The topological polar surface area (TPSA) is 67.5 Å². The SMILES string of the molecule is NCC1NC(CO)=CO1. The highest BCUT2D eigenvalue weighted by Crippen LogP contribution is 2.02. The van der Waals surface area contributed by atoms with Crippen molar-refractivity contribution in [2.45, 2.75) is 6.23 Å². The van der Waals surface area contributed by atoms with Crippen LogP contribution in [0, 0.1) is 0 Å². The van der Waals surface area contributed by atoms with Crippen molar-refractivity contribution in [3.05, 3.63) is 12.0 Å². The van der Waals surface area contributed by atoms with E-state index in [1.807, 2.05) is 0 Å². The Labute approximate surface area is 53.3 Å². The van der Waals surface area contributed by atoms with Gasteiger partial charge in [0, 0.05) is 6.54 Å². The van der Waals surface area contributed by atoms with Crippen LogP contribution in [0.2, 0.25) is 0 Å².